The van der Waals surface area contributed by atoms with Gasteiger partial charge in [0.25, 0.3) is 0 Å². The van der Waals surface area contributed by atoms with Gasteiger partial charge in [-0.1, -0.05) is 55.9 Å². The van der Waals surface area contributed by atoms with E-state index in [0.29, 0.717) is 6.61 Å². The van der Waals surface area contributed by atoms with Crippen LogP contribution in [0.5, 0.6) is 5.75 Å². The maximum Gasteiger partial charge on any atom is 0.119 e. The highest BCUT2D eigenvalue weighted by molar-refractivity contribution is 5.44. The molecule has 0 aliphatic rings. The topological polar surface area (TPSA) is 9.23 Å². The lowest BCUT2D eigenvalue weighted by molar-refractivity contribution is 0.362. The second-order valence-electron chi connectivity index (χ2n) is 5.81. The molecular weight excluding hydrogens is 292 g/mol. The van der Waals surface area contributed by atoms with Crippen LogP contribution in [0.3, 0.4) is 0 Å². The van der Waals surface area contributed by atoms with E-state index in [9.17, 15) is 0 Å². The lowest BCUT2D eigenvalue weighted by atomic mass is 10.1. The Hall–Kier alpha value is -2.46. The zero-order chi connectivity index (χ0) is 17.0. The van der Waals surface area contributed by atoms with Crippen LogP contribution in [-0.2, 0) is 6.42 Å². The van der Waals surface area contributed by atoms with Crippen molar-refractivity contribution >= 4 is 0 Å². The fourth-order valence-electron chi connectivity index (χ4n) is 2.35. The predicted molar refractivity (Wildman–Crippen MR) is 102 cm³/mol. The summed E-state index contributed by atoms with van der Waals surface area (Å²) in [5.74, 6) is 7.30. The Balaban J connectivity index is 1.91. The first-order valence-corrected chi connectivity index (χ1v) is 8.77. The van der Waals surface area contributed by atoms with Crippen LogP contribution in [0.4, 0.5) is 0 Å². The molecular formula is C23H26O. The summed E-state index contributed by atoms with van der Waals surface area (Å²) < 4.78 is 5.58. The number of benzene rings is 2. The molecule has 0 spiro atoms. The van der Waals surface area contributed by atoms with Gasteiger partial charge in [0.15, 0.2) is 0 Å². The van der Waals surface area contributed by atoms with Gasteiger partial charge in [-0.2, -0.15) is 0 Å². The maximum atomic E-state index is 5.58. The van der Waals surface area contributed by atoms with Crippen molar-refractivity contribution in [3.05, 3.63) is 77.4 Å². The number of allylic oxidation sites excluding steroid dienone is 1. The SMILES string of the molecule is CC=CCOc1ccc(C#Cc2ccc(CCCCC)cc2)cc1. The molecule has 0 amide bonds. The van der Waals surface area contributed by atoms with Gasteiger partial charge < -0.3 is 4.74 Å². The molecule has 0 bridgehead atoms. The van der Waals surface area contributed by atoms with E-state index in [0.717, 1.165) is 23.3 Å². The summed E-state index contributed by atoms with van der Waals surface area (Å²) in [4.78, 5) is 0. The van der Waals surface area contributed by atoms with Crippen molar-refractivity contribution in [3.63, 3.8) is 0 Å². The lowest BCUT2D eigenvalue weighted by Gasteiger charge is -2.02. The summed E-state index contributed by atoms with van der Waals surface area (Å²) in [5.41, 5.74) is 3.46. The Morgan fingerprint density at radius 1 is 0.875 bits per heavy atom. The van der Waals surface area contributed by atoms with Gasteiger partial charge in [-0.25, -0.2) is 0 Å². The van der Waals surface area contributed by atoms with Gasteiger partial charge in [-0.05, 0) is 61.7 Å². The van der Waals surface area contributed by atoms with E-state index >= 15 is 0 Å². The molecule has 2 rings (SSSR count). The van der Waals surface area contributed by atoms with Gasteiger partial charge in [0.05, 0.1) is 0 Å². The first-order chi connectivity index (χ1) is 11.8. The van der Waals surface area contributed by atoms with Gasteiger partial charge >= 0.3 is 0 Å². The molecule has 124 valence electrons. The minimum Gasteiger partial charge on any atom is -0.490 e. The van der Waals surface area contributed by atoms with E-state index in [-0.39, 0.29) is 0 Å². The number of aryl methyl sites for hydroxylation is 1. The lowest BCUT2D eigenvalue weighted by Crippen LogP contribution is -1.92. The zero-order valence-electron chi connectivity index (χ0n) is 14.7. The van der Waals surface area contributed by atoms with Crippen LogP contribution in [0, 0.1) is 11.8 Å². The van der Waals surface area contributed by atoms with Crippen LogP contribution in [0.1, 0.15) is 49.8 Å². The van der Waals surface area contributed by atoms with Crippen LogP contribution in [-0.4, -0.2) is 6.61 Å². The fraction of sp³-hybridized carbons (Fsp3) is 0.304. The Kier molecular flexibility index (Phi) is 7.71. The van der Waals surface area contributed by atoms with Crippen LogP contribution in [0.2, 0.25) is 0 Å². The molecule has 0 aliphatic heterocycles. The van der Waals surface area contributed by atoms with E-state index in [1.807, 2.05) is 43.3 Å². The molecule has 1 nitrogen and oxygen atoms in total. The largest absolute Gasteiger partial charge is 0.490 e. The highest BCUT2D eigenvalue weighted by Crippen LogP contribution is 2.12. The Bertz CT molecular complexity index is 682. The molecule has 0 radical (unpaired) electrons. The molecule has 2 aromatic rings. The van der Waals surface area contributed by atoms with E-state index in [4.69, 9.17) is 4.74 Å². The summed E-state index contributed by atoms with van der Waals surface area (Å²) >= 11 is 0. The molecule has 0 saturated heterocycles. The normalized spacial score (nSPS) is 10.4. The van der Waals surface area contributed by atoms with Crippen molar-refractivity contribution in [1.29, 1.82) is 0 Å². The quantitative estimate of drug-likeness (QED) is 0.357. The summed E-state index contributed by atoms with van der Waals surface area (Å²) in [7, 11) is 0. The summed E-state index contributed by atoms with van der Waals surface area (Å²) in [5, 5.41) is 0. The maximum absolute atomic E-state index is 5.58. The molecule has 1 heteroatoms. The van der Waals surface area contributed by atoms with E-state index in [1.165, 1.54) is 24.8 Å². The van der Waals surface area contributed by atoms with Gasteiger partial charge in [-0.15, -0.1) is 0 Å². The van der Waals surface area contributed by atoms with Gasteiger partial charge in [-0.3, -0.25) is 0 Å². The van der Waals surface area contributed by atoms with Crippen molar-refractivity contribution in [2.45, 2.75) is 39.5 Å². The van der Waals surface area contributed by atoms with Crippen molar-refractivity contribution in [2.75, 3.05) is 6.61 Å². The fourth-order valence-corrected chi connectivity index (χ4v) is 2.35. The second kappa shape index (κ2) is 10.3. The first-order valence-electron chi connectivity index (χ1n) is 8.77. The predicted octanol–water partition coefficient (Wildman–Crippen LogP) is 5.77. The highest BCUT2D eigenvalue weighted by Gasteiger charge is 1.94. The standard InChI is InChI=1S/C23H26O/c1-3-5-7-8-20-9-11-21(12-10-20)13-14-22-15-17-23(18-16-22)24-19-6-4-2/h4,6,9-12,15-18H,3,5,7-8,19H2,1-2H3. The summed E-state index contributed by atoms with van der Waals surface area (Å²) in [6.07, 6.45) is 8.97. The number of rotatable bonds is 7. The van der Waals surface area contributed by atoms with Crippen LogP contribution >= 0.6 is 0 Å². The third-order valence-corrected chi connectivity index (χ3v) is 3.81. The molecule has 0 aliphatic carbocycles. The zero-order valence-corrected chi connectivity index (χ0v) is 14.7. The average molecular weight is 318 g/mol. The van der Waals surface area contributed by atoms with E-state index in [1.54, 1.807) is 0 Å². The smallest absolute Gasteiger partial charge is 0.119 e. The third-order valence-electron chi connectivity index (χ3n) is 3.81. The summed E-state index contributed by atoms with van der Waals surface area (Å²) in [6.45, 7) is 4.82. The molecule has 0 atom stereocenters. The second-order valence-corrected chi connectivity index (χ2v) is 5.81. The number of unbranched alkanes of at least 4 members (excludes halogenated alkanes) is 2. The molecule has 0 N–H and O–H groups in total. The van der Waals surface area contributed by atoms with E-state index in [2.05, 4.69) is 43.0 Å². The van der Waals surface area contributed by atoms with Gasteiger partial charge in [0, 0.05) is 11.1 Å². The monoisotopic (exact) mass is 318 g/mol. The van der Waals surface area contributed by atoms with Gasteiger partial charge in [0.1, 0.15) is 12.4 Å². The molecule has 0 saturated carbocycles. The summed E-state index contributed by atoms with van der Waals surface area (Å²) in [6, 6.07) is 16.5. The third kappa shape index (κ3) is 6.34. The highest BCUT2D eigenvalue weighted by atomic mass is 16.5. The van der Waals surface area contributed by atoms with Crippen LogP contribution in [0.25, 0.3) is 0 Å². The first kappa shape index (κ1) is 17.9. The number of ether oxygens (including phenoxy) is 1. The Labute approximate surface area is 146 Å². The Morgan fingerprint density at radius 2 is 1.50 bits per heavy atom. The van der Waals surface area contributed by atoms with Gasteiger partial charge in [0.2, 0.25) is 0 Å². The van der Waals surface area contributed by atoms with E-state index < -0.39 is 0 Å². The molecule has 24 heavy (non-hydrogen) atoms. The van der Waals surface area contributed by atoms with Crippen LogP contribution < -0.4 is 4.74 Å². The van der Waals surface area contributed by atoms with Crippen molar-refractivity contribution < 1.29 is 4.74 Å². The Morgan fingerprint density at radius 3 is 2.08 bits per heavy atom. The molecule has 0 aromatic heterocycles. The number of hydrogen-bond acceptors (Lipinski definition) is 1. The van der Waals surface area contributed by atoms with Crippen molar-refractivity contribution in [2.24, 2.45) is 0 Å². The average Bonchev–Trinajstić information content (AvgIpc) is 2.63. The minimum absolute atomic E-state index is 0.603. The van der Waals surface area contributed by atoms with Crippen molar-refractivity contribution in [1.82, 2.24) is 0 Å². The van der Waals surface area contributed by atoms with Crippen molar-refractivity contribution in [3.8, 4) is 17.6 Å². The minimum atomic E-state index is 0.603. The molecule has 0 heterocycles. The molecule has 2 aromatic carbocycles. The molecule has 0 unspecified atom stereocenters. The van der Waals surface area contributed by atoms with Crippen LogP contribution in [0.15, 0.2) is 60.7 Å². The number of hydrogen-bond donors (Lipinski definition) is 0. The molecule has 0 fully saturated rings.